The van der Waals surface area contributed by atoms with E-state index in [-0.39, 0.29) is 12.0 Å². The van der Waals surface area contributed by atoms with Crippen molar-refractivity contribution in [1.29, 1.82) is 0 Å². The van der Waals surface area contributed by atoms with Crippen molar-refractivity contribution in [2.45, 2.75) is 32.8 Å². The highest BCUT2D eigenvalue weighted by Gasteiger charge is 2.10. The van der Waals surface area contributed by atoms with Gasteiger partial charge in [0.15, 0.2) is 5.13 Å². The van der Waals surface area contributed by atoms with Crippen molar-refractivity contribution in [1.82, 2.24) is 4.98 Å². The highest BCUT2D eigenvalue weighted by atomic mass is 32.1. The van der Waals surface area contributed by atoms with E-state index in [9.17, 15) is 4.79 Å². The molecule has 1 amide bonds. The lowest BCUT2D eigenvalue weighted by atomic mass is 10.2. The summed E-state index contributed by atoms with van der Waals surface area (Å²) in [5.41, 5.74) is 0.975. The van der Waals surface area contributed by atoms with E-state index < -0.39 is 0 Å². The molecule has 0 radical (unpaired) electrons. The Morgan fingerprint density at radius 3 is 3.06 bits per heavy atom. The minimum absolute atomic E-state index is 0.0615. The molecular weight excluding hydrogens is 254 g/mol. The summed E-state index contributed by atoms with van der Waals surface area (Å²) >= 11 is 1.30. The molecule has 0 aliphatic rings. The van der Waals surface area contributed by atoms with Gasteiger partial charge in [0.2, 0.25) is 5.91 Å². The van der Waals surface area contributed by atoms with Crippen molar-refractivity contribution in [2.24, 2.45) is 5.16 Å². The molecule has 6 nitrogen and oxygen atoms in total. The first-order valence-electron chi connectivity index (χ1n) is 5.54. The number of hydrogen-bond acceptors (Lipinski definition) is 6. The fraction of sp³-hybridized carbons (Fsp3) is 0.545. The van der Waals surface area contributed by atoms with Gasteiger partial charge >= 0.3 is 0 Å². The molecule has 1 heterocycles. The molecule has 0 aliphatic heterocycles. The SMILES string of the molecule is COC(C)CCC(=O)Nc1nc(C(C)=NO)cs1. The number of ether oxygens (including phenoxy) is 1. The highest BCUT2D eigenvalue weighted by Crippen LogP contribution is 2.16. The monoisotopic (exact) mass is 271 g/mol. The zero-order valence-electron chi connectivity index (χ0n) is 10.6. The third kappa shape index (κ3) is 4.42. The summed E-state index contributed by atoms with van der Waals surface area (Å²) in [6.07, 6.45) is 1.11. The molecule has 0 spiro atoms. The van der Waals surface area contributed by atoms with Crippen molar-refractivity contribution in [3.8, 4) is 0 Å². The molecular formula is C11H17N3O3S. The Hall–Kier alpha value is -1.47. The van der Waals surface area contributed by atoms with Crippen molar-refractivity contribution in [2.75, 3.05) is 12.4 Å². The van der Waals surface area contributed by atoms with Gasteiger partial charge in [-0.2, -0.15) is 0 Å². The first-order valence-corrected chi connectivity index (χ1v) is 6.42. The third-order valence-electron chi connectivity index (χ3n) is 2.45. The van der Waals surface area contributed by atoms with Gasteiger partial charge in [0.25, 0.3) is 0 Å². The van der Waals surface area contributed by atoms with Crippen molar-refractivity contribution in [3.63, 3.8) is 0 Å². The van der Waals surface area contributed by atoms with Crippen LogP contribution in [0.3, 0.4) is 0 Å². The van der Waals surface area contributed by atoms with Crippen LogP contribution in [-0.2, 0) is 9.53 Å². The number of thiazole rings is 1. The van der Waals surface area contributed by atoms with Crippen LogP contribution in [0.4, 0.5) is 5.13 Å². The molecule has 18 heavy (non-hydrogen) atoms. The summed E-state index contributed by atoms with van der Waals surface area (Å²) in [5.74, 6) is -0.0987. The van der Waals surface area contributed by atoms with Gasteiger partial charge < -0.3 is 15.3 Å². The van der Waals surface area contributed by atoms with Gasteiger partial charge in [0.1, 0.15) is 11.4 Å². The maximum atomic E-state index is 11.6. The number of nitrogens with zero attached hydrogens (tertiary/aromatic N) is 2. The van der Waals surface area contributed by atoms with Crippen LogP contribution in [0.1, 0.15) is 32.4 Å². The Morgan fingerprint density at radius 1 is 1.72 bits per heavy atom. The zero-order chi connectivity index (χ0) is 13.5. The van der Waals surface area contributed by atoms with Crippen LogP contribution >= 0.6 is 11.3 Å². The number of nitrogens with one attached hydrogen (secondary N) is 1. The zero-order valence-corrected chi connectivity index (χ0v) is 11.5. The first kappa shape index (κ1) is 14.6. The van der Waals surface area contributed by atoms with E-state index in [2.05, 4.69) is 15.5 Å². The van der Waals surface area contributed by atoms with E-state index in [1.54, 1.807) is 19.4 Å². The minimum Gasteiger partial charge on any atom is -0.411 e. The summed E-state index contributed by atoms with van der Waals surface area (Å²) < 4.78 is 5.06. The van der Waals surface area contributed by atoms with Crippen LogP contribution in [0.2, 0.25) is 0 Å². The van der Waals surface area contributed by atoms with Gasteiger partial charge in [-0.3, -0.25) is 4.79 Å². The number of carbonyl (C=O) groups excluding carboxylic acids is 1. The molecule has 1 rings (SSSR count). The van der Waals surface area contributed by atoms with E-state index >= 15 is 0 Å². The molecule has 1 unspecified atom stereocenters. The molecule has 0 fully saturated rings. The summed E-state index contributed by atoms with van der Waals surface area (Å²) in [6, 6.07) is 0. The second-order valence-electron chi connectivity index (χ2n) is 3.86. The highest BCUT2D eigenvalue weighted by molar-refractivity contribution is 7.14. The Kier molecular flexibility index (Phi) is 5.73. The number of aromatic nitrogens is 1. The fourth-order valence-corrected chi connectivity index (χ4v) is 1.95. The maximum Gasteiger partial charge on any atom is 0.226 e. The standard InChI is InChI=1S/C11H17N3O3S/c1-7(17-3)4-5-10(15)13-11-12-9(6-18-11)8(2)14-16/h6-7,16H,4-5H2,1-3H3,(H,12,13,15). The van der Waals surface area contributed by atoms with Gasteiger partial charge in [-0.25, -0.2) is 4.98 Å². The summed E-state index contributed by atoms with van der Waals surface area (Å²) in [6.45, 7) is 3.55. The van der Waals surface area contributed by atoms with E-state index in [1.165, 1.54) is 11.3 Å². The van der Waals surface area contributed by atoms with E-state index in [4.69, 9.17) is 9.94 Å². The largest absolute Gasteiger partial charge is 0.411 e. The molecule has 1 atom stereocenters. The predicted octanol–water partition coefficient (Wildman–Crippen LogP) is 2.09. The van der Waals surface area contributed by atoms with Gasteiger partial charge in [-0.1, -0.05) is 5.16 Å². The Balaban J connectivity index is 2.47. The van der Waals surface area contributed by atoms with Crippen molar-refractivity contribution in [3.05, 3.63) is 11.1 Å². The Morgan fingerprint density at radius 2 is 2.44 bits per heavy atom. The van der Waals surface area contributed by atoms with Crippen LogP contribution < -0.4 is 5.32 Å². The van der Waals surface area contributed by atoms with Crippen molar-refractivity contribution >= 4 is 28.1 Å². The number of oxime groups is 1. The Bertz CT molecular complexity index is 431. The molecule has 1 aromatic heterocycles. The number of rotatable bonds is 6. The van der Waals surface area contributed by atoms with Gasteiger partial charge in [-0.15, -0.1) is 11.3 Å². The van der Waals surface area contributed by atoms with E-state index in [0.29, 0.717) is 29.4 Å². The summed E-state index contributed by atoms with van der Waals surface area (Å²) in [5, 5.41) is 16.6. The number of methoxy groups -OCH3 is 1. The maximum absolute atomic E-state index is 11.6. The molecule has 1 aromatic rings. The van der Waals surface area contributed by atoms with Gasteiger partial charge in [0, 0.05) is 18.9 Å². The van der Waals surface area contributed by atoms with Crippen LogP contribution in [-0.4, -0.2) is 35.0 Å². The van der Waals surface area contributed by atoms with Crippen LogP contribution in [0, 0.1) is 0 Å². The van der Waals surface area contributed by atoms with E-state index in [0.717, 1.165) is 0 Å². The summed E-state index contributed by atoms with van der Waals surface area (Å²) in [4.78, 5) is 15.7. The number of amides is 1. The average Bonchev–Trinajstić information content (AvgIpc) is 2.83. The second-order valence-corrected chi connectivity index (χ2v) is 4.71. The topological polar surface area (TPSA) is 83.8 Å². The molecule has 0 bridgehead atoms. The summed E-state index contributed by atoms with van der Waals surface area (Å²) in [7, 11) is 1.62. The molecule has 0 saturated carbocycles. The lowest BCUT2D eigenvalue weighted by Crippen LogP contribution is -2.15. The number of anilines is 1. The lowest BCUT2D eigenvalue weighted by Gasteiger charge is -2.07. The average molecular weight is 271 g/mol. The third-order valence-corrected chi connectivity index (χ3v) is 3.21. The normalized spacial score (nSPS) is 13.4. The minimum atomic E-state index is -0.0987. The lowest BCUT2D eigenvalue weighted by molar-refractivity contribution is -0.116. The molecule has 7 heteroatoms. The van der Waals surface area contributed by atoms with Gasteiger partial charge in [-0.05, 0) is 20.3 Å². The number of carbonyl (C=O) groups is 1. The van der Waals surface area contributed by atoms with E-state index in [1.807, 2.05) is 6.92 Å². The smallest absolute Gasteiger partial charge is 0.226 e. The van der Waals surface area contributed by atoms with Crippen molar-refractivity contribution < 1.29 is 14.7 Å². The predicted molar refractivity (Wildman–Crippen MR) is 70.4 cm³/mol. The van der Waals surface area contributed by atoms with Crippen LogP contribution in [0.15, 0.2) is 10.5 Å². The molecule has 100 valence electrons. The van der Waals surface area contributed by atoms with Crippen LogP contribution in [0.5, 0.6) is 0 Å². The number of hydrogen-bond donors (Lipinski definition) is 2. The molecule has 0 aromatic carbocycles. The fourth-order valence-electron chi connectivity index (χ4n) is 1.18. The second kappa shape index (κ2) is 7.07. The molecule has 0 saturated heterocycles. The van der Waals surface area contributed by atoms with Crippen LogP contribution in [0.25, 0.3) is 0 Å². The van der Waals surface area contributed by atoms with Gasteiger partial charge in [0.05, 0.1) is 6.10 Å². The molecule has 0 aliphatic carbocycles. The first-order chi connectivity index (χ1) is 8.56. The Labute approximate surface area is 110 Å². The molecule has 2 N–H and O–H groups in total. The quantitative estimate of drug-likeness (QED) is 0.471.